The zero-order valence-corrected chi connectivity index (χ0v) is 16.5. The van der Waals surface area contributed by atoms with Gasteiger partial charge in [0.2, 0.25) is 29.5 Å². The van der Waals surface area contributed by atoms with E-state index in [0.717, 1.165) is 4.90 Å². The molecule has 0 spiro atoms. The Morgan fingerprint density at radius 3 is 2.20 bits per heavy atom. The van der Waals surface area contributed by atoms with Gasteiger partial charge in [0.25, 0.3) is 0 Å². The van der Waals surface area contributed by atoms with Gasteiger partial charge >= 0.3 is 5.97 Å². The Morgan fingerprint density at radius 1 is 1.03 bits per heavy atom. The van der Waals surface area contributed by atoms with Gasteiger partial charge in [0.15, 0.2) is 0 Å². The van der Waals surface area contributed by atoms with E-state index in [4.69, 9.17) is 17.2 Å². The van der Waals surface area contributed by atoms with E-state index in [1.165, 1.54) is 0 Å². The van der Waals surface area contributed by atoms with Crippen LogP contribution in [0.15, 0.2) is 0 Å². The van der Waals surface area contributed by atoms with E-state index < -0.39 is 60.2 Å². The maximum Gasteiger partial charge on any atom is 0.326 e. The van der Waals surface area contributed by atoms with Crippen LogP contribution in [0.4, 0.5) is 0 Å². The molecule has 0 aliphatic carbocycles. The lowest BCUT2D eigenvalue weighted by Crippen LogP contribution is -2.54. The highest BCUT2D eigenvalue weighted by Gasteiger charge is 2.37. The van der Waals surface area contributed by atoms with Crippen molar-refractivity contribution in [1.29, 1.82) is 0 Å². The predicted octanol–water partition coefficient (Wildman–Crippen LogP) is -3.48. The number of nitrogens with one attached hydrogen (secondary N) is 2. The number of aliphatic carboxylic acids is 1. The van der Waals surface area contributed by atoms with Crippen LogP contribution >= 0.6 is 0 Å². The number of carboxylic acids is 1. The highest BCUT2D eigenvalue weighted by Crippen LogP contribution is 2.19. The number of amides is 5. The molecule has 1 rings (SSSR count). The summed E-state index contributed by atoms with van der Waals surface area (Å²) in [5.41, 5.74) is 15.7. The van der Waals surface area contributed by atoms with E-state index in [0.29, 0.717) is 6.42 Å². The molecule has 9 N–H and O–H groups in total. The number of hydrogen-bond donors (Lipinski definition) is 6. The van der Waals surface area contributed by atoms with E-state index in [1.54, 1.807) is 0 Å². The van der Waals surface area contributed by atoms with Crippen molar-refractivity contribution in [1.82, 2.24) is 15.5 Å². The average Bonchev–Trinajstić information content (AvgIpc) is 3.16. The zero-order chi connectivity index (χ0) is 22.8. The summed E-state index contributed by atoms with van der Waals surface area (Å²) in [4.78, 5) is 71.1. The van der Waals surface area contributed by atoms with Gasteiger partial charge in [0, 0.05) is 19.4 Å². The number of nitrogens with two attached hydrogens (primary N) is 3. The number of nitrogens with zero attached hydrogens (tertiary/aromatic N) is 1. The molecule has 0 aromatic rings. The molecule has 1 aliphatic rings. The molecule has 0 radical (unpaired) electrons. The van der Waals surface area contributed by atoms with Crippen molar-refractivity contribution < 1.29 is 33.9 Å². The van der Waals surface area contributed by atoms with Crippen LogP contribution in [0, 0.1) is 0 Å². The highest BCUT2D eigenvalue weighted by molar-refractivity contribution is 5.93. The summed E-state index contributed by atoms with van der Waals surface area (Å²) in [6.45, 7) is -0.296. The third-order valence-corrected chi connectivity index (χ3v) is 4.60. The number of carbonyl (C=O) groups is 6. The molecule has 0 aromatic heterocycles. The number of hydrogen-bond acceptors (Lipinski definition) is 7. The van der Waals surface area contributed by atoms with Crippen LogP contribution in [0.1, 0.15) is 38.5 Å². The van der Waals surface area contributed by atoms with Gasteiger partial charge in [-0.1, -0.05) is 0 Å². The molecular formula is C17H28N6O7. The van der Waals surface area contributed by atoms with Gasteiger partial charge < -0.3 is 37.8 Å². The van der Waals surface area contributed by atoms with Crippen LogP contribution in [0.5, 0.6) is 0 Å². The Labute approximate surface area is 172 Å². The first-order chi connectivity index (χ1) is 14.0. The Morgan fingerprint density at radius 2 is 1.63 bits per heavy atom. The lowest BCUT2D eigenvalue weighted by atomic mass is 10.1. The SMILES string of the molecule is NC(=O)CCC(N)C(=O)NCC(=O)NC(CCC(N)=O)C(=O)N1CCCC1C(=O)O. The topological polar surface area (TPSA) is 228 Å². The zero-order valence-electron chi connectivity index (χ0n) is 16.5. The second kappa shape index (κ2) is 11.7. The normalized spacial score (nSPS) is 17.6. The van der Waals surface area contributed by atoms with Gasteiger partial charge in [-0.3, -0.25) is 24.0 Å². The Hall–Kier alpha value is -3.22. The fourth-order valence-corrected chi connectivity index (χ4v) is 3.00. The molecule has 0 saturated carbocycles. The minimum Gasteiger partial charge on any atom is -0.480 e. The van der Waals surface area contributed by atoms with Crippen LogP contribution in [0.2, 0.25) is 0 Å². The summed E-state index contributed by atoms with van der Waals surface area (Å²) in [5.74, 6) is -4.52. The summed E-state index contributed by atoms with van der Waals surface area (Å²) in [6, 6.07) is -3.22. The first-order valence-electron chi connectivity index (χ1n) is 9.45. The molecule has 30 heavy (non-hydrogen) atoms. The molecule has 5 amide bonds. The summed E-state index contributed by atoms with van der Waals surface area (Å²) in [5, 5.41) is 13.9. The molecule has 3 atom stereocenters. The van der Waals surface area contributed by atoms with Gasteiger partial charge in [0.1, 0.15) is 12.1 Å². The first-order valence-corrected chi connectivity index (χ1v) is 9.45. The minimum absolute atomic E-state index is 0.00798. The Kier molecular flexibility index (Phi) is 9.68. The van der Waals surface area contributed by atoms with Gasteiger partial charge in [0.05, 0.1) is 12.6 Å². The molecule has 168 valence electrons. The summed E-state index contributed by atoms with van der Waals surface area (Å²) in [6.07, 6.45) is 0.385. The van der Waals surface area contributed by atoms with Crippen molar-refractivity contribution in [3.05, 3.63) is 0 Å². The number of primary amides is 2. The number of carboxylic acid groups (broad SMARTS) is 1. The standard InChI is InChI=1S/C17H28N6O7/c18-9(3-5-12(19)24)15(27)21-8-14(26)22-10(4-6-13(20)25)16(28)23-7-1-2-11(23)17(29)30/h9-11H,1-8,18H2,(H2,19,24)(H2,20,25)(H,21,27)(H,22,26)(H,29,30). The largest absolute Gasteiger partial charge is 0.480 e. The summed E-state index contributed by atoms with van der Waals surface area (Å²) >= 11 is 0. The van der Waals surface area contributed by atoms with E-state index in [-0.39, 0.29) is 38.6 Å². The lowest BCUT2D eigenvalue weighted by molar-refractivity contribution is -0.149. The molecule has 1 fully saturated rings. The fourth-order valence-electron chi connectivity index (χ4n) is 3.00. The molecule has 0 bridgehead atoms. The van der Waals surface area contributed by atoms with Gasteiger partial charge in [-0.25, -0.2) is 4.79 Å². The van der Waals surface area contributed by atoms with Crippen molar-refractivity contribution in [3.8, 4) is 0 Å². The van der Waals surface area contributed by atoms with Crippen molar-refractivity contribution >= 4 is 35.5 Å². The molecular weight excluding hydrogens is 400 g/mol. The predicted molar refractivity (Wildman–Crippen MR) is 102 cm³/mol. The lowest BCUT2D eigenvalue weighted by Gasteiger charge is -2.27. The number of carbonyl (C=O) groups excluding carboxylic acids is 5. The molecule has 0 aromatic carbocycles. The maximum atomic E-state index is 12.7. The number of likely N-dealkylation sites (tertiary alicyclic amines) is 1. The average molecular weight is 428 g/mol. The monoisotopic (exact) mass is 428 g/mol. The minimum atomic E-state index is -1.18. The number of rotatable bonds is 12. The Balaban J connectivity index is 2.68. The highest BCUT2D eigenvalue weighted by atomic mass is 16.4. The van der Waals surface area contributed by atoms with Crippen LogP contribution in [-0.2, 0) is 28.8 Å². The third-order valence-electron chi connectivity index (χ3n) is 4.60. The van der Waals surface area contributed by atoms with Crippen molar-refractivity contribution in [2.75, 3.05) is 13.1 Å². The second-order valence-electron chi connectivity index (χ2n) is 6.98. The molecule has 1 heterocycles. The second-order valence-corrected chi connectivity index (χ2v) is 6.98. The van der Waals surface area contributed by atoms with E-state index in [1.807, 2.05) is 0 Å². The van der Waals surface area contributed by atoms with Gasteiger partial charge in [-0.15, -0.1) is 0 Å². The third kappa shape index (κ3) is 8.03. The molecule has 1 saturated heterocycles. The quantitative estimate of drug-likeness (QED) is 0.182. The summed E-state index contributed by atoms with van der Waals surface area (Å²) < 4.78 is 0. The van der Waals surface area contributed by atoms with Gasteiger partial charge in [-0.2, -0.15) is 0 Å². The summed E-state index contributed by atoms with van der Waals surface area (Å²) in [7, 11) is 0. The van der Waals surface area contributed by atoms with E-state index in [2.05, 4.69) is 10.6 Å². The molecule has 13 nitrogen and oxygen atoms in total. The maximum absolute atomic E-state index is 12.7. The van der Waals surface area contributed by atoms with E-state index >= 15 is 0 Å². The first kappa shape index (κ1) is 24.8. The van der Waals surface area contributed by atoms with Crippen LogP contribution in [-0.4, -0.2) is 76.7 Å². The fraction of sp³-hybridized carbons (Fsp3) is 0.647. The Bertz CT molecular complexity index is 698. The van der Waals surface area contributed by atoms with Crippen LogP contribution in [0.25, 0.3) is 0 Å². The van der Waals surface area contributed by atoms with Gasteiger partial charge in [-0.05, 0) is 25.7 Å². The van der Waals surface area contributed by atoms with Crippen molar-refractivity contribution in [3.63, 3.8) is 0 Å². The van der Waals surface area contributed by atoms with Crippen molar-refractivity contribution in [2.24, 2.45) is 17.2 Å². The van der Waals surface area contributed by atoms with Crippen LogP contribution in [0.3, 0.4) is 0 Å². The van der Waals surface area contributed by atoms with Crippen molar-refractivity contribution in [2.45, 2.75) is 56.7 Å². The smallest absolute Gasteiger partial charge is 0.326 e. The van der Waals surface area contributed by atoms with Crippen LogP contribution < -0.4 is 27.8 Å². The molecule has 1 aliphatic heterocycles. The molecule has 13 heteroatoms. The van der Waals surface area contributed by atoms with E-state index in [9.17, 15) is 33.9 Å². The molecule has 3 unspecified atom stereocenters.